The van der Waals surface area contributed by atoms with Crippen LogP contribution in [0, 0.1) is 0 Å². The zero-order valence-electron chi connectivity index (χ0n) is 9.35. The van der Waals surface area contributed by atoms with Crippen LogP contribution < -0.4 is 16.8 Å². The first-order valence-electron chi connectivity index (χ1n) is 5.38. The molecular weight excluding hydrogens is 230 g/mol. The summed E-state index contributed by atoms with van der Waals surface area (Å²) in [5, 5.41) is 2.62. The van der Waals surface area contributed by atoms with Crippen LogP contribution in [-0.4, -0.2) is 39.6 Å². The minimum atomic E-state index is -1.79. The summed E-state index contributed by atoms with van der Waals surface area (Å²) in [6, 6.07) is -0.508. The van der Waals surface area contributed by atoms with Crippen molar-refractivity contribution in [2.24, 2.45) is 11.5 Å². The normalized spacial score (nSPS) is 14.4. The summed E-state index contributed by atoms with van der Waals surface area (Å²) in [4.78, 5) is 11.4. The van der Waals surface area contributed by atoms with Crippen LogP contribution in [0.25, 0.3) is 0 Å². The molecule has 0 aliphatic rings. The van der Waals surface area contributed by atoms with Crippen molar-refractivity contribution in [2.75, 3.05) is 18.8 Å². The van der Waals surface area contributed by atoms with Crippen LogP contribution in [0.1, 0.15) is 25.7 Å². The van der Waals surface area contributed by atoms with Crippen LogP contribution >= 0.6 is 0 Å². The summed E-state index contributed by atoms with van der Waals surface area (Å²) in [6.07, 6.45) is 2.80. The lowest BCUT2D eigenvalue weighted by atomic mass is 10.1. The molecule has 0 heterocycles. The zero-order valence-corrected chi connectivity index (χ0v) is 10.2. The number of unbranched alkanes of at least 4 members (excludes halogenated alkanes) is 1. The topological polar surface area (TPSA) is 118 Å². The van der Waals surface area contributed by atoms with E-state index in [1.807, 2.05) is 0 Å². The number of carbonyl (C=O) groups is 1. The Kier molecular flexibility index (Phi) is 9.40. The van der Waals surface area contributed by atoms with Gasteiger partial charge in [0.15, 0.2) is 11.1 Å². The van der Waals surface area contributed by atoms with E-state index in [9.17, 15) is 9.00 Å². The third-order valence-corrected chi connectivity index (χ3v) is 2.74. The van der Waals surface area contributed by atoms with Crippen LogP contribution in [0.2, 0.25) is 0 Å². The second-order valence-electron chi connectivity index (χ2n) is 3.56. The monoisotopic (exact) mass is 251 g/mol. The molecule has 0 saturated carbocycles. The Labute approximate surface area is 98.4 Å². The largest absolute Gasteiger partial charge is 0.355 e. The summed E-state index contributed by atoms with van der Waals surface area (Å²) in [5.41, 5.74) is 11.0. The van der Waals surface area contributed by atoms with Crippen molar-refractivity contribution in [2.45, 2.75) is 31.7 Å². The lowest BCUT2D eigenvalue weighted by Crippen LogP contribution is -2.41. The molecular formula is C9H21N3O3S. The lowest BCUT2D eigenvalue weighted by molar-refractivity contribution is -0.122. The molecule has 16 heavy (non-hydrogen) atoms. The number of nitrogens with two attached hydrogens (primary N) is 2. The molecule has 0 fully saturated rings. The number of rotatable bonds is 9. The van der Waals surface area contributed by atoms with E-state index < -0.39 is 17.1 Å². The number of nitrogens with one attached hydrogen (secondary N) is 1. The van der Waals surface area contributed by atoms with E-state index in [0.29, 0.717) is 25.9 Å². The Balaban J connectivity index is 3.51. The zero-order chi connectivity index (χ0) is 12.4. The quantitative estimate of drug-likeness (QED) is 0.315. The number of amides is 1. The van der Waals surface area contributed by atoms with Crippen molar-refractivity contribution >= 4 is 17.0 Å². The Morgan fingerprint density at radius 1 is 1.38 bits per heavy atom. The summed E-state index contributed by atoms with van der Waals surface area (Å²) >= 11 is -1.79. The maximum Gasteiger partial charge on any atom is 0.236 e. The molecule has 2 atom stereocenters. The highest BCUT2D eigenvalue weighted by Gasteiger charge is 2.11. The Morgan fingerprint density at radius 2 is 2.06 bits per heavy atom. The number of carbonyl (C=O) groups excluding carboxylic acids is 1. The summed E-state index contributed by atoms with van der Waals surface area (Å²) in [6.45, 7) is 0.992. The fourth-order valence-corrected chi connectivity index (χ4v) is 1.57. The highest BCUT2D eigenvalue weighted by molar-refractivity contribution is 7.79. The van der Waals surface area contributed by atoms with Gasteiger partial charge in [0.25, 0.3) is 0 Å². The fourth-order valence-electron chi connectivity index (χ4n) is 1.18. The molecule has 0 aliphatic carbocycles. The third-order valence-electron chi connectivity index (χ3n) is 2.10. The summed E-state index contributed by atoms with van der Waals surface area (Å²) in [5.74, 6) is -0.0383. The molecule has 7 heteroatoms. The van der Waals surface area contributed by atoms with Gasteiger partial charge in [0.05, 0.1) is 11.8 Å². The fraction of sp³-hybridized carbons (Fsp3) is 0.889. The first-order valence-corrected chi connectivity index (χ1v) is 6.66. The molecule has 0 aliphatic heterocycles. The minimum absolute atomic E-state index is 0.169. The van der Waals surface area contributed by atoms with Gasteiger partial charge in [-0.3, -0.25) is 4.79 Å². The van der Waals surface area contributed by atoms with E-state index in [-0.39, 0.29) is 11.7 Å². The van der Waals surface area contributed by atoms with Gasteiger partial charge >= 0.3 is 0 Å². The van der Waals surface area contributed by atoms with Gasteiger partial charge < -0.3 is 21.3 Å². The smallest absolute Gasteiger partial charge is 0.236 e. The minimum Gasteiger partial charge on any atom is -0.355 e. The van der Waals surface area contributed by atoms with Crippen molar-refractivity contribution in [3.63, 3.8) is 0 Å². The van der Waals surface area contributed by atoms with Gasteiger partial charge in [0.2, 0.25) is 5.91 Å². The van der Waals surface area contributed by atoms with Gasteiger partial charge in [-0.25, -0.2) is 4.21 Å². The van der Waals surface area contributed by atoms with Gasteiger partial charge in [-0.15, -0.1) is 0 Å². The molecule has 6 N–H and O–H groups in total. The Bertz CT molecular complexity index is 226. The van der Waals surface area contributed by atoms with Crippen molar-refractivity contribution < 1.29 is 13.6 Å². The van der Waals surface area contributed by atoms with Crippen LogP contribution in [0.4, 0.5) is 0 Å². The second-order valence-corrected chi connectivity index (χ2v) is 4.61. The van der Waals surface area contributed by atoms with Gasteiger partial charge in [0.1, 0.15) is 0 Å². The van der Waals surface area contributed by atoms with Crippen molar-refractivity contribution in [1.82, 2.24) is 5.32 Å². The first-order chi connectivity index (χ1) is 7.57. The maximum absolute atomic E-state index is 11.4. The predicted molar refractivity (Wildman–Crippen MR) is 64.1 cm³/mol. The van der Waals surface area contributed by atoms with Gasteiger partial charge in [-0.05, 0) is 25.8 Å². The van der Waals surface area contributed by atoms with Crippen molar-refractivity contribution in [3.8, 4) is 0 Å². The molecule has 0 aromatic rings. The van der Waals surface area contributed by atoms with Crippen LogP contribution in [-0.2, 0) is 15.9 Å². The van der Waals surface area contributed by atoms with Crippen LogP contribution in [0.5, 0.6) is 0 Å². The van der Waals surface area contributed by atoms with E-state index in [0.717, 1.165) is 12.8 Å². The molecule has 1 amide bonds. The molecule has 96 valence electrons. The molecule has 6 nitrogen and oxygen atoms in total. The third kappa shape index (κ3) is 8.78. The Morgan fingerprint density at radius 3 is 2.62 bits per heavy atom. The van der Waals surface area contributed by atoms with Crippen LogP contribution in [0.15, 0.2) is 0 Å². The second kappa shape index (κ2) is 9.71. The van der Waals surface area contributed by atoms with Crippen molar-refractivity contribution in [1.29, 1.82) is 0 Å². The van der Waals surface area contributed by atoms with Crippen LogP contribution in [0.3, 0.4) is 0 Å². The highest BCUT2D eigenvalue weighted by Crippen LogP contribution is 1.97. The van der Waals surface area contributed by atoms with E-state index >= 15 is 0 Å². The molecule has 0 spiro atoms. The molecule has 0 aromatic heterocycles. The SMILES string of the molecule is NCCCC[C@H](N)C(=O)NCCCS(=O)O. The molecule has 0 aromatic carbocycles. The maximum atomic E-state index is 11.4. The van der Waals surface area contributed by atoms with Gasteiger partial charge in [0, 0.05) is 6.54 Å². The van der Waals surface area contributed by atoms with E-state index in [4.69, 9.17) is 16.0 Å². The first kappa shape index (κ1) is 15.5. The highest BCUT2D eigenvalue weighted by atomic mass is 32.2. The predicted octanol–water partition coefficient (Wildman–Crippen LogP) is -0.829. The summed E-state index contributed by atoms with van der Waals surface area (Å²) < 4.78 is 18.8. The molecule has 0 saturated heterocycles. The number of hydrogen-bond acceptors (Lipinski definition) is 4. The lowest BCUT2D eigenvalue weighted by Gasteiger charge is -2.11. The summed E-state index contributed by atoms with van der Waals surface area (Å²) in [7, 11) is 0. The average Bonchev–Trinajstić information content (AvgIpc) is 2.24. The van der Waals surface area contributed by atoms with E-state index in [1.54, 1.807) is 0 Å². The Hall–Kier alpha value is -0.500. The molecule has 0 rings (SSSR count). The van der Waals surface area contributed by atoms with Gasteiger partial charge in [-0.2, -0.15) is 0 Å². The molecule has 1 unspecified atom stereocenters. The average molecular weight is 251 g/mol. The van der Waals surface area contributed by atoms with Crippen molar-refractivity contribution in [3.05, 3.63) is 0 Å². The molecule has 0 radical (unpaired) electrons. The number of hydrogen-bond donors (Lipinski definition) is 4. The van der Waals surface area contributed by atoms with E-state index in [2.05, 4.69) is 5.32 Å². The standard InChI is InChI=1S/C9H21N3O3S/c10-5-2-1-4-8(11)9(13)12-6-3-7-16(14)15/h8H,1-7,10-11H2,(H,12,13)(H,14,15)/t8-/m0/s1. The van der Waals surface area contributed by atoms with Gasteiger partial charge in [-0.1, -0.05) is 6.42 Å². The molecule has 0 bridgehead atoms. The van der Waals surface area contributed by atoms with E-state index in [1.165, 1.54) is 0 Å².